The topological polar surface area (TPSA) is 61.1 Å². The molecule has 0 aliphatic rings. The first-order chi connectivity index (χ1) is 7.22. The molecule has 0 atom stereocenters. The summed E-state index contributed by atoms with van der Waals surface area (Å²) in [5.74, 6) is -0.969. The molecule has 0 unspecified atom stereocenters. The van der Waals surface area contributed by atoms with E-state index in [1.165, 1.54) is 6.07 Å². The smallest absolute Gasteiger partial charge is 0.335 e. The van der Waals surface area contributed by atoms with E-state index >= 15 is 0 Å². The first kappa shape index (κ1) is 9.22. The average Bonchev–Trinajstić information content (AvgIpc) is 2.27. The van der Waals surface area contributed by atoms with Gasteiger partial charge >= 0.3 is 5.97 Å². The first-order valence-corrected chi connectivity index (χ1v) is 4.30. The Morgan fingerprint density at radius 1 is 1.40 bits per heavy atom. The molecule has 0 aromatic heterocycles. The molecule has 15 heavy (non-hydrogen) atoms. The third-order valence-corrected chi connectivity index (χ3v) is 2.17. The van der Waals surface area contributed by atoms with Gasteiger partial charge < -0.3 is 5.11 Å². The van der Waals surface area contributed by atoms with Gasteiger partial charge in [0.15, 0.2) is 0 Å². The molecular formula is C12H6NO2. The molecule has 3 heteroatoms. The Morgan fingerprint density at radius 2 is 2.20 bits per heavy atom. The lowest BCUT2D eigenvalue weighted by Gasteiger charge is -2.00. The molecule has 2 aromatic carbocycles. The van der Waals surface area contributed by atoms with Crippen LogP contribution < -0.4 is 0 Å². The maximum Gasteiger partial charge on any atom is 0.335 e. The van der Waals surface area contributed by atoms with Crippen molar-refractivity contribution in [1.82, 2.24) is 0 Å². The molecule has 1 N–H and O–H groups in total. The van der Waals surface area contributed by atoms with Gasteiger partial charge in [-0.05, 0) is 17.5 Å². The molecule has 0 bridgehead atoms. The second-order valence-corrected chi connectivity index (χ2v) is 3.07. The second-order valence-electron chi connectivity index (χ2n) is 3.07. The number of hydrogen-bond donors (Lipinski definition) is 1. The fraction of sp³-hybridized carbons (Fsp3) is 0. The third kappa shape index (κ3) is 1.53. The Morgan fingerprint density at radius 3 is 2.87 bits per heavy atom. The first-order valence-electron chi connectivity index (χ1n) is 4.30. The number of hydrogen-bond acceptors (Lipinski definition) is 2. The standard InChI is InChI=1S/C12H6NO2/c13-7-10-3-1-2-8-6-9(12(14)15)4-5-11(8)10/h1-2,4-6H,(H,14,15). The van der Waals surface area contributed by atoms with Crippen LogP contribution in [0.2, 0.25) is 0 Å². The molecule has 71 valence electrons. The van der Waals surface area contributed by atoms with Crippen molar-refractivity contribution in [2.45, 2.75) is 0 Å². The molecule has 2 aromatic rings. The second kappa shape index (κ2) is 3.43. The van der Waals surface area contributed by atoms with Gasteiger partial charge in [-0.3, -0.25) is 0 Å². The van der Waals surface area contributed by atoms with Gasteiger partial charge in [0.05, 0.1) is 11.1 Å². The highest BCUT2D eigenvalue weighted by molar-refractivity contribution is 5.96. The van der Waals surface area contributed by atoms with Gasteiger partial charge in [0, 0.05) is 11.5 Å². The monoisotopic (exact) mass is 196 g/mol. The third-order valence-electron chi connectivity index (χ3n) is 2.17. The number of nitriles is 1. The summed E-state index contributed by atoms with van der Waals surface area (Å²) in [5.41, 5.74) is 0.655. The lowest BCUT2D eigenvalue weighted by atomic mass is 10.0. The zero-order valence-corrected chi connectivity index (χ0v) is 7.69. The molecule has 0 amide bonds. The summed E-state index contributed by atoms with van der Waals surface area (Å²) in [6, 6.07) is 12.8. The lowest BCUT2D eigenvalue weighted by Crippen LogP contribution is -1.95. The van der Waals surface area contributed by atoms with Crippen molar-refractivity contribution in [1.29, 1.82) is 5.26 Å². The Bertz CT molecular complexity index is 582. The molecule has 0 aliphatic carbocycles. The highest BCUT2D eigenvalue weighted by atomic mass is 16.4. The quantitative estimate of drug-likeness (QED) is 0.760. The number of carboxylic acids is 1. The van der Waals surface area contributed by atoms with E-state index in [0.29, 0.717) is 5.56 Å². The minimum atomic E-state index is -0.969. The Balaban J connectivity index is 2.76. The Labute approximate surface area is 86.2 Å². The molecule has 0 spiro atoms. The normalized spacial score (nSPS) is 9.80. The predicted molar refractivity (Wildman–Crippen MR) is 54.5 cm³/mol. The van der Waals surface area contributed by atoms with E-state index in [4.69, 9.17) is 10.4 Å². The van der Waals surface area contributed by atoms with Crippen molar-refractivity contribution in [2.24, 2.45) is 0 Å². The van der Waals surface area contributed by atoms with Crippen molar-refractivity contribution in [2.75, 3.05) is 0 Å². The van der Waals surface area contributed by atoms with Crippen LogP contribution in [0.25, 0.3) is 10.8 Å². The SMILES string of the molecule is N#Cc1[c]ccc2cc(C(=O)O)ccc12. The summed E-state index contributed by atoms with van der Waals surface area (Å²) in [4.78, 5) is 10.7. The van der Waals surface area contributed by atoms with E-state index in [1.807, 2.05) is 6.07 Å². The number of benzene rings is 2. The highest BCUT2D eigenvalue weighted by Gasteiger charge is 2.05. The summed E-state index contributed by atoms with van der Waals surface area (Å²) < 4.78 is 0. The summed E-state index contributed by atoms with van der Waals surface area (Å²) in [6.07, 6.45) is 0. The van der Waals surface area contributed by atoms with Crippen LogP contribution in [0.5, 0.6) is 0 Å². The molecule has 1 radical (unpaired) electrons. The lowest BCUT2D eigenvalue weighted by molar-refractivity contribution is 0.0697. The number of rotatable bonds is 1. The molecular weight excluding hydrogens is 190 g/mol. The minimum absolute atomic E-state index is 0.220. The summed E-state index contributed by atoms with van der Waals surface area (Å²) in [5, 5.41) is 19.1. The fourth-order valence-corrected chi connectivity index (χ4v) is 1.45. The van der Waals surface area contributed by atoms with Gasteiger partial charge in [0.25, 0.3) is 0 Å². The molecule has 0 fully saturated rings. The van der Waals surface area contributed by atoms with Crippen molar-refractivity contribution >= 4 is 16.7 Å². The zero-order valence-electron chi connectivity index (χ0n) is 7.69. The van der Waals surface area contributed by atoms with E-state index in [0.717, 1.165) is 10.8 Å². The van der Waals surface area contributed by atoms with Gasteiger partial charge in [-0.1, -0.05) is 18.2 Å². The van der Waals surface area contributed by atoms with Crippen molar-refractivity contribution < 1.29 is 9.90 Å². The molecule has 2 rings (SSSR count). The van der Waals surface area contributed by atoms with E-state index in [2.05, 4.69) is 6.07 Å². The van der Waals surface area contributed by atoms with E-state index in [-0.39, 0.29) is 5.56 Å². The molecule has 0 saturated carbocycles. The Kier molecular flexibility index (Phi) is 2.11. The van der Waals surface area contributed by atoms with Gasteiger partial charge in [-0.25, -0.2) is 4.79 Å². The van der Waals surface area contributed by atoms with Crippen molar-refractivity contribution in [3.63, 3.8) is 0 Å². The van der Waals surface area contributed by atoms with Crippen LogP contribution in [0, 0.1) is 17.4 Å². The van der Waals surface area contributed by atoms with E-state index in [9.17, 15) is 4.79 Å². The van der Waals surface area contributed by atoms with Gasteiger partial charge in [-0.2, -0.15) is 5.26 Å². The van der Waals surface area contributed by atoms with Crippen LogP contribution in [0.15, 0.2) is 30.3 Å². The predicted octanol–water partition coefficient (Wildman–Crippen LogP) is 2.21. The van der Waals surface area contributed by atoms with Crippen LogP contribution in [0.1, 0.15) is 15.9 Å². The van der Waals surface area contributed by atoms with Gasteiger partial charge in [-0.15, -0.1) is 0 Å². The van der Waals surface area contributed by atoms with Crippen molar-refractivity contribution in [3.8, 4) is 6.07 Å². The van der Waals surface area contributed by atoms with Gasteiger partial charge in [0.2, 0.25) is 0 Å². The zero-order chi connectivity index (χ0) is 10.8. The van der Waals surface area contributed by atoms with Crippen LogP contribution in [-0.2, 0) is 0 Å². The summed E-state index contributed by atoms with van der Waals surface area (Å²) in [6.45, 7) is 0. The van der Waals surface area contributed by atoms with Crippen LogP contribution >= 0.6 is 0 Å². The van der Waals surface area contributed by atoms with Crippen LogP contribution in [-0.4, -0.2) is 11.1 Å². The fourth-order valence-electron chi connectivity index (χ4n) is 1.45. The Hall–Kier alpha value is -2.34. The maximum absolute atomic E-state index is 10.7. The average molecular weight is 196 g/mol. The molecule has 0 saturated heterocycles. The number of nitrogens with zero attached hydrogens (tertiary/aromatic N) is 1. The molecule has 0 heterocycles. The molecule has 3 nitrogen and oxygen atoms in total. The van der Waals surface area contributed by atoms with E-state index < -0.39 is 5.97 Å². The number of aromatic carboxylic acids is 1. The summed E-state index contributed by atoms with van der Waals surface area (Å²) in [7, 11) is 0. The number of carboxylic acid groups (broad SMARTS) is 1. The summed E-state index contributed by atoms with van der Waals surface area (Å²) >= 11 is 0. The maximum atomic E-state index is 10.7. The highest BCUT2D eigenvalue weighted by Crippen LogP contribution is 2.19. The van der Waals surface area contributed by atoms with Crippen molar-refractivity contribution in [3.05, 3.63) is 47.5 Å². The van der Waals surface area contributed by atoms with Crippen LogP contribution in [0.3, 0.4) is 0 Å². The number of fused-ring (bicyclic) bond motifs is 1. The van der Waals surface area contributed by atoms with Gasteiger partial charge in [0.1, 0.15) is 6.07 Å². The van der Waals surface area contributed by atoms with E-state index in [1.54, 1.807) is 24.3 Å². The largest absolute Gasteiger partial charge is 0.478 e. The molecule has 0 aliphatic heterocycles. The minimum Gasteiger partial charge on any atom is -0.478 e. The van der Waals surface area contributed by atoms with Crippen LogP contribution in [0.4, 0.5) is 0 Å². The number of carbonyl (C=O) groups is 1.